The lowest BCUT2D eigenvalue weighted by Crippen LogP contribution is -2.42. The molecule has 1 aromatic rings. The molecule has 2 amide bonds. The standard InChI is InChI=1S/C15H17F3N2O3/c16-15(17,18)11-3-1-10(2-4-11)12(14(19)22)9-13(21)20-5-7-23-8-6-20/h1-4,12H,5-9H2,(H2,19,22)/t12-/m0/s1. The molecule has 1 aliphatic heterocycles. The molecule has 1 aromatic carbocycles. The summed E-state index contributed by atoms with van der Waals surface area (Å²) in [6.07, 6.45) is -4.62. The minimum absolute atomic E-state index is 0.166. The molecule has 23 heavy (non-hydrogen) atoms. The number of carbonyl (C=O) groups is 2. The van der Waals surface area contributed by atoms with Crippen LogP contribution in [0.4, 0.5) is 13.2 Å². The molecule has 1 atom stereocenters. The first-order valence-electron chi connectivity index (χ1n) is 7.11. The summed E-state index contributed by atoms with van der Waals surface area (Å²) < 4.78 is 42.8. The second-order valence-electron chi connectivity index (χ2n) is 5.27. The Hall–Kier alpha value is -2.09. The lowest BCUT2D eigenvalue weighted by atomic mass is 9.93. The normalized spacial score (nSPS) is 16.9. The first-order chi connectivity index (χ1) is 10.8. The molecule has 0 unspecified atom stereocenters. The summed E-state index contributed by atoms with van der Waals surface area (Å²) in [5.74, 6) is -1.96. The number of morpholine rings is 1. The van der Waals surface area contributed by atoms with Gasteiger partial charge in [0.25, 0.3) is 0 Å². The third-order valence-corrected chi connectivity index (χ3v) is 3.73. The third-order valence-electron chi connectivity index (χ3n) is 3.73. The molecule has 1 saturated heterocycles. The molecule has 1 heterocycles. The Labute approximate surface area is 131 Å². The van der Waals surface area contributed by atoms with Crippen molar-refractivity contribution in [1.82, 2.24) is 4.90 Å². The van der Waals surface area contributed by atoms with Crippen molar-refractivity contribution in [3.8, 4) is 0 Å². The Morgan fingerprint density at radius 1 is 1.17 bits per heavy atom. The molecule has 126 valence electrons. The number of alkyl halides is 3. The van der Waals surface area contributed by atoms with Crippen LogP contribution in [0.3, 0.4) is 0 Å². The fourth-order valence-corrected chi connectivity index (χ4v) is 2.40. The highest BCUT2D eigenvalue weighted by Crippen LogP contribution is 2.30. The molecule has 0 radical (unpaired) electrons. The van der Waals surface area contributed by atoms with Crippen molar-refractivity contribution >= 4 is 11.8 Å². The van der Waals surface area contributed by atoms with Gasteiger partial charge in [-0.3, -0.25) is 9.59 Å². The van der Waals surface area contributed by atoms with Crippen LogP contribution in [0, 0.1) is 0 Å². The topological polar surface area (TPSA) is 72.6 Å². The molecule has 0 aromatic heterocycles. The summed E-state index contributed by atoms with van der Waals surface area (Å²) in [6.45, 7) is 1.70. The number of nitrogens with zero attached hydrogens (tertiary/aromatic N) is 1. The number of carbonyl (C=O) groups excluding carboxylic acids is 2. The van der Waals surface area contributed by atoms with Crippen molar-refractivity contribution in [2.75, 3.05) is 26.3 Å². The molecule has 0 spiro atoms. The Kier molecular flexibility index (Phi) is 5.25. The van der Waals surface area contributed by atoms with E-state index < -0.39 is 23.6 Å². The van der Waals surface area contributed by atoms with Crippen LogP contribution >= 0.6 is 0 Å². The number of primary amides is 1. The molecule has 2 N–H and O–H groups in total. The van der Waals surface area contributed by atoms with Crippen LogP contribution in [0.25, 0.3) is 0 Å². The Morgan fingerprint density at radius 2 is 1.74 bits per heavy atom. The molecular formula is C15H17F3N2O3. The maximum Gasteiger partial charge on any atom is 0.416 e. The van der Waals surface area contributed by atoms with Gasteiger partial charge >= 0.3 is 6.18 Å². The van der Waals surface area contributed by atoms with E-state index in [1.54, 1.807) is 4.90 Å². The van der Waals surface area contributed by atoms with Crippen molar-refractivity contribution in [2.24, 2.45) is 5.73 Å². The molecular weight excluding hydrogens is 313 g/mol. The maximum absolute atomic E-state index is 12.6. The number of amides is 2. The summed E-state index contributed by atoms with van der Waals surface area (Å²) in [6, 6.07) is 4.13. The lowest BCUT2D eigenvalue weighted by molar-refractivity contribution is -0.138. The van der Waals surface area contributed by atoms with E-state index in [1.165, 1.54) is 12.1 Å². The number of hydrogen-bond donors (Lipinski definition) is 1. The second-order valence-corrected chi connectivity index (χ2v) is 5.27. The number of halogens is 3. The predicted octanol–water partition coefficient (Wildman–Crippen LogP) is 1.52. The minimum Gasteiger partial charge on any atom is -0.378 e. The lowest BCUT2D eigenvalue weighted by Gasteiger charge is -2.28. The van der Waals surface area contributed by atoms with Crippen LogP contribution < -0.4 is 5.73 Å². The highest BCUT2D eigenvalue weighted by Gasteiger charge is 2.31. The van der Waals surface area contributed by atoms with E-state index in [9.17, 15) is 22.8 Å². The number of hydrogen-bond acceptors (Lipinski definition) is 3. The van der Waals surface area contributed by atoms with Gasteiger partial charge in [0.15, 0.2) is 0 Å². The first-order valence-corrected chi connectivity index (χ1v) is 7.11. The van der Waals surface area contributed by atoms with E-state index in [0.717, 1.165) is 12.1 Å². The average molecular weight is 330 g/mol. The average Bonchev–Trinajstić information content (AvgIpc) is 2.52. The van der Waals surface area contributed by atoms with E-state index in [1.807, 2.05) is 0 Å². The summed E-state index contributed by atoms with van der Waals surface area (Å²) in [7, 11) is 0. The Morgan fingerprint density at radius 3 is 2.22 bits per heavy atom. The summed E-state index contributed by atoms with van der Waals surface area (Å²) in [5.41, 5.74) is 4.80. The first kappa shape index (κ1) is 17.3. The van der Waals surface area contributed by atoms with Crippen LogP contribution in [-0.2, 0) is 20.5 Å². The zero-order chi connectivity index (χ0) is 17.0. The van der Waals surface area contributed by atoms with Crippen LogP contribution in [0.1, 0.15) is 23.5 Å². The predicted molar refractivity (Wildman–Crippen MR) is 75.4 cm³/mol. The largest absolute Gasteiger partial charge is 0.416 e. The van der Waals surface area contributed by atoms with E-state index in [2.05, 4.69) is 0 Å². The van der Waals surface area contributed by atoms with Gasteiger partial charge in [-0.25, -0.2) is 0 Å². The van der Waals surface area contributed by atoms with Gasteiger partial charge in [-0.15, -0.1) is 0 Å². The molecule has 8 heteroatoms. The van der Waals surface area contributed by atoms with Crippen molar-refractivity contribution in [3.05, 3.63) is 35.4 Å². The fraction of sp³-hybridized carbons (Fsp3) is 0.467. The van der Waals surface area contributed by atoms with Gasteiger partial charge in [-0.05, 0) is 17.7 Å². The van der Waals surface area contributed by atoms with Crippen molar-refractivity contribution < 1.29 is 27.5 Å². The summed E-state index contributed by atoms with van der Waals surface area (Å²) in [4.78, 5) is 25.4. The third kappa shape index (κ3) is 4.44. The van der Waals surface area contributed by atoms with Crippen molar-refractivity contribution in [1.29, 1.82) is 0 Å². The van der Waals surface area contributed by atoms with Crippen molar-refractivity contribution in [3.63, 3.8) is 0 Å². The van der Waals surface area contributed by atoms with E-state index in [-0.39, 0.29) is 12.3 Å². The summed E-state index contributed by atoms with van der Waals surface area (Å²) in [5, 5.41) is 0. The van der Waals surface area contributed by atoms with E-state index in [4.69, 9.17) is 10.5 Å². The number of benzene rings is 1. The molecule has 1 fully saturated rings. The van der Waals surface area contributed by atoms with Crippen LogP contribution in [0.2, 0.25) is 0 Å². The van der Waals surface area contributed by atoms with Crippen molar-refractivity contribution in [2.45, 2.75) is 18.5 Å². The second kappa shape index (κ2) is 6.99. The molecule has 1 aliphatic rings. The number of nitrogens with two attached hydrogens (primary N) is 1. The van der Waals surface area contributed by atoms with Gasteiger partial charge < -0.3 is 15.4 Å². The van der Waals surface area contributed by atoms with Gasteiger partial charge in [0.1, 0.15) is 0 Å². The van der Waals surface area contributed by atoms with Crippen LogP contribution in [0.15, 0.2) is 24.3 Å². The zero-order valence-electron chi connectivity index (χ0n) is 12.3. The highest BCUT2D eigenvalue weighted by atomic mass is 19.4. The molecule has 5 nitrogen and oxygen atoms in total. The fourth-order valence-electron chi connectivity index (χ4n) is 2.40. The van der Waals surface area contributed by atoms with E-state index >= 15 is 0 Å². The molecule has 2 rings (SSSR count). The van der Waals surface area contributed by atoms with Gasteiger partial charge in [0.2, 0.25) is 11.8 Å². The minimum atomic E-state index is -4.45. The molecule has 0 saturated carbocycles. The van der Waals surface area contributed by atoms with Crippen LogP contribution in [-0.4, -0.2) is 43.0 Å². The zero-order valence-corrected chi connectivity index (χ0v) is 12.3. The SMILES string of the molecule is NC(=O)[C@@H](CC(=O)N1CCOCC1)c1ccc(C(F)(F)F)cc1. The molecule has 0 bridgehead atoms. The number of rotatable bonds is 4. The smallest absolute Gasteiger partial charge is 0.378 e. The van der Waals surface area contributed by atoms with Gasteiger partial charge in [-0.1, -0.05) is 12.1 Å². The molecule has 0 aliphatic carbocycles. The summed E-state index contributed by atoms with van der Waals surface area (Å²) >= 11 is 0. The monoisotopic (exact) mass is 330 g/mol. The Balaban J connectivity index is 2.11. The highest BCUT2D eigenvalue weighted by molar-refractivity contribution is 5.88. The maximum atomic E-state index is 12.6. The number of ether oxygens (including phenoxy) is 1. The van der Waals surface area contributed by atoms with Crippen LogP contribution in [0.5, 0.6) is 0 Å². The quantitative estimate of drug-likeness (QED) is 0.910. The Bertz CT molecular complexity index is 566. The van der Waals surface area contributed by atoms with Gasteiger partial charge in [0, 0.05) is 19.5 Å². The van der Waals surface area contributed by atoms with E-state index in [0.29, 0.717) is 31.9 Å². The van der Waals surface area contributed by atoms with Gasteiger partial charge in [0.05, 0.1) is 24.7 Å². The van der Waals surface area contributed by atoms with Gasteiger partial charge in [-0.2, -0.15) is 13.2 Å².